The number of para-hydroxylation sites is 2. The highest BCUT2D eigenvalue weighted by molar-refractivity contribution is 7.07. The summed E-state index contributed by atoms with van der Waals surface area (Å²) in [6, 6.07) is 9.03. The van der Waals surface area contributed by atoms with Gasteiger partial charge in [-0.15, -0.1) is 0 Å². The van der Waals surface area contributed by atoms with Crippen molar-refractivity contribution in [2.24, 2.45) is 0 Å². The number of ether oxygens (including phenoxy) is 1. The number of nitriles is 1. The molecule has 0 atom stereocenters. The van der Waals surface area contributed by atoms with Crippen LogP contribution in [-0.4, -0.2) is 32.2 Å². The van der Waals surface area contributed by atoms with Gasteiger partial charge in [0, 0.05) is 11.1 Å². The number of rotatable bonds is 5. The van der Waals surface area contributed by atoms with Crippen LogP contribution < -0.4 is 4.87 Å². The Morgan fingerprint density at radius 1 is 1.46 bits per heavy atom. The number of aliphatic hydroxyl groups is 1. The van der Waals surface area contributed by atoms with E-state index in [-0.39, 0.29) is 22.8 Å². The van der Waals surface area contributed by atoms with Crippen LogP contribution in [0.1, 0.15) is 11.5 Å². The van der Waals surface area contributed by atoms with Crippen molar-refractivity contribution in [2.75, 3.05) is 6.61 Å². The second-order valence-corrected chi connectivity index (χ2v) is 6.25. The molecule has 132 valence electrons. The number of hydrogen-bond donors (Lipinski definition) is 2. The number of carbonyl (C=O) groups is 1. The molecule has 3 rings (SSSR count). The first-order chi connectivity index (χ1) is 12.5. The molecule has 0 amide bonds. The maximum absolute atomic E-state index is 11.9. The van der Waals surface area contributed by atoms with E-state index in [0.717, 1.165) is 11.3 Å². The number of nitrogens with one attached hydrogen (secondary N) is 1. The minimum Gasteiger partial charge on any atom is -0.507 e. The fraction of sp³-hybridized carbons (Fsp3) is 0.176. The fourth-order valence-corrected chi connectivity index (χ4v) is 3.05. The lowest BCUT2D eigenvalue weighted by molar-refractivity contribution is -0.144. The van der Waals surface area contributed by atoms with E-state index in [1.54, 1.807) is 30.5 Å². The SMILES string of the molecule is Cc1csc(=O)n1CC(=O)OC/C(O)=C(\C#N)c1nc2ccccc2[nH]1. The molecular formula is C17H14N4O4S. The minimum absolute atomic E-state index is 0.113. The van der Waals surface area contributed by atoms with Gasteiger partial charge in [0.25, 0.3) is 0 Å². The summed E-state index contributed by atoms with van der Waals surface area (Å²) in [6.07, 6.45) is 0. The normalized spacial score (nSPS) is 11.8. The number of benzene rings is 1. The van der Waals surface area contributed by atoms with Crippen molar-refractivity contribution in [1.29, 1.82) is 5.26 Å². The molecule has 2 N–H and O–H groups in total. The van der Waals surface area contributed by atoms with E-state index in [9.17, 15) is 20.0 Å². The van der Waals surface area contributed by atoms with E-state index in [1.165, 1.54) is 4.57 Å². The van der Waals surface area contributed by atoms with Crippen molar-refractivity contribution < 1.29 is 14.6 Å². The number of thiazole rings is 1. The lowest BCUT2D eigenvalue weighted by Crippen LogP contribution is -2.22. The van der Waals surface area contributed by atoms with Crippen LogP contribution in [0.25, 0.3) is 16.6 Å². The summed E-state index contributed by atoms with van der Waals surface area (Å²) in [4.78, 5) is 30.4. The highest BCUT2D eigenvalue weighted by atomic mass is 32.1. The lowest BCUT2D eigenvalue weighted by Gasteiger charge is -2.07. The van der Waals surface area contributed by atoms with Crippen molar-refractivity contribution in [1.82, 2.24) is 14.5 Å². The second kappa shape index (κ2) is 7.25. The summed E-state index contributed by atoms with van der Waals surface area (Å²) >= 11 is 0.991. The highest BCUT2D eigenvalue weighted by Gasteiger charge is 2.16. The topological polar surface area (TPSA) is 121 Å². The minimum atomic E-state index is -0.693. The van der Waals surface area contributed by atoms with Crippen LogP contribution in [0.3, 0.4) is 0 Å². The molecule has 3 aromatic rings. The molecule has 0 aliphatic rings. The summed E-state index contributed by atoms with van der Waals surface area (Å²) in [5, 5.41) is 21.1. The summed E-state index contributed by atoms with van der Waals surface area (Å²) in [6.45, 7) is 0.961. The number of aromatic nitrogens is 3. The first-order valence-electron chi connectivity index (χ1n) is 7.57. The monoisotopic (exact) mass is 370 g/mol. The van der Waals surface area contributed by atoms with Gasteiger partial charge in [-0.3, -0.25) is 14.2 Å². The van der Waals surface area contributed by atoms with E-state index >= 15 is 0 Å². The molecule has 2 heterocycles. The van der Waals surface area contributed by atoms with Gasteiger partial charge in [0.2, 0.25) is 0 Å². The number of esters is 1. The van der Waals surface area contributed by atoms with Crippen molar-refractivity contribution >= 4 is 33.9 Å². The van der Waals surface area contributed by atoms with Gasteiger partial charge in [0.15, 0.2) is 11.6 Å². The van der Waals surface area contributed by atoms with Crippen LogP contribution in [-0.2, 0) is 16.1 Å². The predicted octanol–water partition coefficient (Wildman–Crippen LogP) is 2.13. The number of aromatic amines is 1. The first-order valence-corrected chi connectivity index (χ1v) is 8.45. The van der Waals surface area contributed by atoms with Gasteiger partial charge in [-0.05, 0) is 19.1 Å². The fourth-order valence-electron chi connectivity index (χ4n) is 2.32. The molecule has 26 heavy (non-hydrogen) atoms. The third-order valence-electron chi connectivity index (χ3n) is 3.66. The van der Waals surface area contributed by atoms with Crippen LogP contribution in [0.15, 0.2) is 40.2 Å². The zero-order valence-corrected chi connectivity index (χ0v) is 14.5. The van der Waals surface area contributed by atoms with E-state index in [0.29, 0.717) is 16.7 Å². The van der Waals surface area contributed by atoms with Gasteiger partial charge in [0.05, 0.1) is 11.0 Å². The van der Waals surface area contributed by atoms with Gasteiger partial charge in [0.1, 0.15) is 24.8 Å². The van der Waals surface area contributed by atoms with E-state index in [1.807, 2.05) is 12.1 Å². The summed E-state index contributed by atoms with van der Waals surface area (Å²) < 4.78 is 6.25. The van der Waals surface area contributed by atoms with Crippen LogP contribution in [0.5, 0.6) is 0 Å². The van der Waals surface area contributed by atoms with Gasteiger partial charge in [-0.1, -0.05) is 23.5 Å². The van der Waals surface area contributed by atoms with Crippen molar-refractivity contribution in [3.63, 3.8) is 0 Å². The predicted molar refractivity (Wildman–Crippen MR) is 95.5 cm³/mol. The van der Waals surface area contributed by atoms with Crippen LogP contribution >= 0.6 is 11.3 Å². The molecule has 0 unspecified atom stereocenters. The molecule has 0 fully saturated rings. The van der Waals surface area contributed by atoms with Crippen molar-refractivity contribution in [2.45, 2.75) is 13.5 Å². The molecule has 0 radical (unpaired) electrons. The molecule has 8 nitrogen and oxygen atoms in total. The molecule has 0 saturated carbocycles. The number of imidazole rings is 1. The smallest absolute Gasteiger partial charge is 0.326 e. The Balaban J connectivity index is 1.74. The highest BCUT2D eigenvalue weighted by Crippen LogP contribution is 2.18. The number of carbonyl (C=O) groups excluding carboxylic acids is 1. The number of H-pyrrole nitrogens is 1. The maximum atomic E-state index is 11.9. The van der Waals surface area contributed by atoms with Gasteiger partial charge in [-0.25, -0.2) is 4.98 Å². The Bertz CT molecular complexity index is 1070. The lowest BCUT2D eigenvalue weighted by atomic mass is 10.2. The van der Waals surface area contributed by atoms with Gasteiger partial charge in [-0.2, -0.15) is 5.26 Å². The van der Waals surface area contributed by atoms with E-state index in [4.69, 9.17) is 4.74 Å². The number of hydrogen-bond acceptors (Lipinski definition) is 7. The Morgan fingerprint density at radius 3 is 2.88 bits per heavy atom. The summed E-state index contributed by atoms with van der Waals surface area (Å²) in [5.41, 5.74) is 1.90. The number of aryl methyl sites for hydroxylation is 1. The molecule has 0 spiro atoms. The van der Waals surface area contributed by atoms with E-state index in [2.05, 4.69) is 9.97 Å². The number of fused-ring (bicyclic) bond motifs is 1. The largest absolute Gasteiger partial charge is 0.507 e. The van der Waals surface area contributed by atoms with E-state index < -0.39 is 18.3 Å². The Morgan fingerprint density at radius 2 is 2.23 bits per heavy atom. The van der Waals surface area contributed by atoms with Crippen molar-refractivity contribution in [3.8, 4) is 6.07 Å². The molecule has 0 aliphatic heterocycles. The molecular weight excluding hydrogens is 356 g/mol. The number of nitrogens with zero attached hydrogens (tertiary/aromatic N) is 3. The molecule has 0 bridgehead atoms. The van der Waals surface area contributed by atoms with Crippen LogP contribution in [0.4, 0.5) is 0 Å². The molecule has 0 saturated heterocycles. The average molecular weight is 370 g/mol. The second-order valence-electron chi connectivity index (χ2n) is 5.43. The van der Waals surface area contributed by atoms with Crippen LogP contribution in [0, 0.1) is 18.3 Å². The number of aliphatic hydroxyl groups excluding tert-OH is 1. The van der Waals surface area contributed by atoms with Gasteiger partial charge < -0.3 is 14.8 Å². The number of allylic oxidation sites excluding steroid dienone is 1. The third-order valence-corrected chi connectivity index (χ3v) is 4.54. The quantitative estimate of drug-likeness (QED) is 0.403. The van der Waals surface area contributed by atoms with Crippen molar-refractivity contribution in [3.05, 3.63) is 56.6 Å². The molecule has 1 aromatic carbocycles. The zero-order valence-electron chi connectivity index (χ0n) is 13.7. The molecule has 0 aliphatic carbocycles. The Kier molecular flexibility index (Phi) is 4.86. The molecule has 2 aromatic heterocycles. The standard InChI is InChI=1S/C17H14N4O4S/c1-10-9-26-17(24)21(10)7-15(23)25-8-14(22)11(6-18)16-19-12-4-2-3-5-13(12)20-16/h2-5,9,22H,7-8H2,1H3,(H,19,20)/b14-11-. The molecule has 9 heteroatoms. The van der Waals surface area contributed by atoms with Gasteiger partial charge >= 0.3 is 10.8 Å². The van der Waals surface area contributed by atoms with Crippen LogP contribution in [0.2, 0.25) is 0 Å². The summed E-state index contributed by atoms with van der Waals surface area (Å²) in [7, 11) is 0. The zero-order chi connectivity index (χ0) is 18.7. The average Bonchev–Trinajstić information content (AvgIpc) is 3.18. The summed E-state index contributed by atoms with van der Waals surface area (Å²) in [5.74, 6) is -0.927. The first kappa shape index (κ1) is 17.4. The Hall–Kier alpha value is -3.38. The third kappa shape index (κ3) is 3.50. The Labute approximate surface area is 151 Å². The maximum Gasteiger partial charge on any atom is 0.326 e.